The standard InChI is InChI=1S/C20H22FN7OS/c1-12-18(30-19(22)24-12)17-16(21)11-23-20(26-17)25-14-4-3-5-15(10-14)28-8-6-27(7-9-28)13(2)29/h3-5,10-11H,6-9H2,1-2H3,(H2,22,24)(H,23,25,26). The second-order valence-corrected chi connectivity index (χ2v) is 8.06. The van der Waals surface area contributed by atoms with Gasteiger partial charge in [0.2, 0.25) is 11.9 Å². The van der Waals surface area contributed by atoms with Crippen LogP contribution < -0.4 is 16.0 Å². The maximum Gasteiger partial charge on any atom is 0.227 e. The number of nitrogens with two attached hydrogens (primary N) is 1. The highest BCUT2D eigenvalue weighted by atomic mass is 32.1. The number of carbonyl (C=O) groups is 1. The van der Waals surface area contributed by atoms with Crippen LogP contribution in [0.15, 0.2) is 30.5 Å². The molecule has 1 aliphatic rings. The normalized spacial score (nSPS) is 14.1. The number of nitrogen functional groups attached to an aromatic ring is 1. The molecule has 8 nitrogen and oxygen atoms in total. The van der Waals surface area contributed by atoms with Crippen LogP contribution in [0.4, 0.5) is 26.8 Å². The molecule has 10 heteroatoms. The fraction of sp³-hybridized carbons (Fsp3) is 0.300. The number of benzene rings is 1. The van der Waals surface area contributed by atoms with Crippen LogP contribution in [-0.2, 0) is 4.79 Å². The Hall–Kier alpha value is -3.27. The molecule has 0 bridgehead atoms. The number of halogens is 1. The van der Waals surface area contributed by atoms with Crippen LogP contribution in [0.3, 0.4) is 0 Å². The number of carbonyl (C=O) groups excluding carboxylic acids is 1. The Balaban J connectivity index is 1.53. The van der Waals surface area contributed by atoms with E-state index in [9.17, 15) is 9.18 Å². The van der Waals surface area contributed by atoms with Crippen molar-refractivity contribution in [1.82, 2.24) is 19.9 Å². The number of anilines is 4. The molecule has 0 spiro atoms. The van der Waals surface area contributed by atoms with Gasteiger partial charge in [-0.3, -0.25) is 4.79 Å². The van der Waals surface area contributed by atoms with Crippen LogP contribution in [0.1, 0.15) is 12.6 Å². The Bertz CT molecular complexity index is 1080. The highest BCUT2D eigenvalue weighted by Gasteiger charge is 2.19. The van der Waals surface area contributed by atoms with Crippen LogP contribution in [0.2, 0.25) is 0 Å². The van der Waals surface area contributed by atoms with Crippen molar-refractivity contribution in [3.05, 3.63) is 42.0 Å². The molecule has 1 aliphatic heterocycles. The van der Waals surface area contributed by atoms with Crippen molar-refractivity contribution in [2.45, 2.75) is 13.8 Å². The molecule has 1 aromatic carbocycles. The molecule has 0 saturated carbocycles. The molecule has 1 fully saturated rings. The number of piperazine rings is 1. The summed E-state index contributed by atoms with van der Waals surface area (Å²) in [6.07, 6.45) is 1.14. The number of hydrogen-bond donors (Lipinski definition) is 2. The van der Waals surface area contributed by atoms with Crippen LogP contribution in [0, 0.1) is 12.7 Å². The molecule has 0 unspecified atom stereocenters. The van der Waals surface area contributed by atoms with Crippen LogP contribution in [0.5, 0.6) is 0 Å². The van der Waals surface area contributed by atoms with Crippen molar-refractivity contribution in [3.8, 4) is 10.6 Å². The molecule has 156 valence electrons. The van der Waals surface area contributed by atoms with E-state index in [4.69, 9.17) is 5.73 Å². The fourth-order valence-corrected chi connectivity index (χ4v) is 4.24. The Morgan fingerprint density at radius 3 is 2.67 bits per heavy atom. The first-order valence-electron chi connectivity index (χ1n) is 9.54. The Kier molecular flexibility index (Phi) is 5.49. The minimum absolute atomic E-state index is 0.104. The van der Waals surface area contributed by atoms with Crippen molar-refractivity contribution in [3.63, 3.8) is 0 Å². The summed E-state index contributed by atoms with van der Waals surface area (Å²) in [7, 11) is 0. The van der Waals surface area contributed by atoms with E-state index in [0.29, 0.717) is 28.8 Å². The van der Waals surface area contributed by atoms with Gasteiger partial charge in [-0.1, -0.05) is 17.4 Å². The van der Waals surface area contributed by atoms with Gasteiger partial charge in [-0.15, -0.1) is 0 Å². The molecule has 0 radical (unpaired) electrons. The maximum atomic E-state index is 14.3. The lowest BCUT2D eigenvalue weighted by Crippen LogP contribution is -2.48. The lowest BCUT2D eigenvalue weighted by atomic mass is 10.2. The van der Waals surface area contributed by atoms with Gasteiger partial charge in [-0.25, -0.2) is 19.3 Å². The van der Waals surface area contributed by atoms with Gasteiger partial charge in [0.25, 0.3) is 0 Å². The van der Waals surface area contributed by atoms with Crippen molar-refractivity contribution >= 4 is 39.7 Å². The molecule has 1 amide bonds. The molecule has 4 rings (SSSR count). The van der Waals surface area contributed by atoms with Gasteiger partial charge in [-0.2, -0.15) is 0 Å². The monoisotopic (exact) mass is 427 g/mol. The summed E-state index contributed by atoms with van der Waals surface area (Å²) in [6.45, 7) is 6.31. The summed E-state index contributed by atoms with van der Waals surface area (Å²) in [6, 6.07) is 7.85. The molecule has 2 aromatic heterocycles. The average molecular weight is 428 g/mol. The van der Waals surface area contributed by atoms with Gasteiger partial charge in [0.05, 0.1) is 16.8 Å². The summed E-state index contributed by atoms with van der Waals surface area (Å²) < 4.78 is 14.3. The van der Waals surface area contributed by atoms with E-state index >= 15 is 0 Å². The molecule has 0 atom stereocenters. The van der Waals surface area contributed by atoms with Crippen LogP contribution >= 0.6 is 11.3 Å². The number of hydrogen-bond acceptors (Lipinski definition) is 8. The minimum Gasteiger partial charge on any atom is -0.375 e. The van der Waals surface area contributed by atoms with E-state index in [0.717, 1.165) is 30.7 Å². The van der Waals surface area contributed by atoms with Crippen molar-refractivity contribution in [2.24, 2.45) is 0 Å². The van der Waals surface area contributed by atoms with Crippen molar-refractivity contribution < 1.29 is 9.18 Å². The number of rotatable bonds is 4. The summed E-state index contributed by atoms with van der Waals surface area (Å²) >= 11 is 1.19. The van der Waals surface area contributed by atoms with Gasteiger partial charge in [-0.05, 0) is 25.1 Å². The van der Waals surface area contributed by atoms with Gasteiger partial charge >= 0.3 is 0 Å². The Labute approximate surface area is 177 Å². The fourth-order valence-electron chi connectivity index (χ4n) is 3.41. The van der Waals surface area contributed by atoms with Crippen molar-refractivity contribution in [2.75, 3.05) is 42.1 Å². The quantitative estimate of drug-likeness (QED) is 0.660. The summed E-state index contributed by atoms with van der Waals surface area (Å²) in [5.74, 6) is -0.132. The maximum absolute atomic E-state index is 14.3. The zero-order valence-corrected chi connectivity index (χ0v) is 17.5. The zero-order chi connectivity index (χ0) is 21.3. The predicted molar refractivity (Wildman–Crippen MR) is 116 cm³/mol. The third-order valence-electron chi connectivity index (χ3n) is 4.96. The molecule has 30 heavy (non-hydrogen) atoms. The van der Waals surface area contributed by atoms with Gasteiger partial charge in [0.15, 0.2) is 10.9 Å². The number of thiazole rings is 1. The van der Waals surface area contributed by atoms with Gasteiger partial charge in [0, 0.05) is 44.5 Å². The highest BCUT2D eigenvalue weighted by Crippen LogP contribution is 2.32. The minimum atomic E-state index is -0.524. The first-order chi connectivity index (χ1) is 14.4. The third-order valence-corrected chi connectivity index (χ3v) is 5.96. The second-order valence-electron chi connectivity index (χ2n) is 7.03. The highest BCUT2D eigenvalue weighted by molar-refractivity contribution is 7.18. The van der Waals surface area contributed by atoms with Crippen LogP contribution in [0.25, 0.3) is 10.6 Å². The van der Waals surface area contributed by atoms with E-state index in [1.807, 2.05) is 29.2 Å². The molecule has 3 heterocycles. The van der Waals surface area contributed by atoms with E-state index < -0.39 is 5.82 Å². The first-order valence-corrected chi connectivity index (χ1v) is 10.4. The molecule has 3 aromatic rings. The topological polar surface area (TPSA) is 100 Å². The third kappa shape index (κ3) is 4.18. The summed E-state index contributed by atoms with van der Waals surface area (Å²) in [5.41, 5.74) is 8.38. The molecule has 0 aliphatic carbocycles. The number of nitrogens with one attached hydrogen (secondary N) is 1. The van der Waals surface area contributed by atoms with Crippen LogP contribution in [-0.4, -0.2) is 51.9 Å². The Morgan fingerprint density at radius 2 is 2.00 bits per heavy atom. The summed E-state index contributed by atoms with van der Waals surface area (Å²) in [4.78, 5) is 28.7. The largest absolute Gasteiger partial charge is 0.375 e. The first kappa shape index (κ1) is 20.0. The summed E-state index contributed by atoms with van der Waals surface area (Å²) in [5, 5.41) is 3.52. The smallest absolute Gasteiger partial charge is 0.227 e. The molecular weight excluding hydrogens is 405 g/mol. The lowest BCUT2D eigenvalue weighted by molar-refractivity contribution is -0.129. The number of aromatic nitrogens is 3. The molecule has 1 saturated heterocycles. The number of aryl methyl sites for hydroxylation is 1. The number of amides is 1. The lowest BCUT2D eigenvalue weighted by Gasteiger charge is -2.35. The number of nitrogens with zero attached hydrogens (tertiary/aromatic N) is 5. The van der Waals surface area contributed by atoms with E-state index in [1.165, 1.54) is 11.3 Å². The van der Waals surface area contributed by atoms with Gasteiger partial charge in [0.1, 0.15) is 5.69 Å². The molecule has 3 N–H and O–H groups in total. The average Bonchev–Trinajstić information content (AvgIpc) is 3.07. The van der Waals surface area contributed by atoms with Crippen molar-refractivity contribution in [1.29, 1.82) is 0 Å². The van der Waals surface area contributed by atoms with E-state index in [1.54, 1.807) is 13.8 Å². The second kappa shape index (κ2) is 8.23. The Morgan fingerprint density at radius 1 is 1.23 bits per heavy atom. The SMILES string of the molecule is CC(=O)N1CCN(c2cccc(Nc3ncc(F)c(-c4sc(N)nc4C)n3)c2)CC1. The zero-order valence-electron chi connectivity index (χ0n) is 16.7. The molecular formula is C20H22FN7OS. The van der Waals surface area contributed by atoms with Gasteiger partial charge < -0.3 is 20.9 Å². The van der Waals surface area contributed by atoms with E-state index in [2.05, 4.69) is 25.2 Å². The van der Waals surface area contributed by atoms with E-state index in [-0.39, 0.29) is 17.5 Å². The predicted octanol–water partition coefficient (Wildman–Crippen LogP) is 3.04.